The number of benzene rings is 3. The van der Waals surface area contributed by atoms with E-state index in [9.17, 15) is 18.0 Å². The normalized spacial score (nSPS) is 13.7. The smallest absolute Gasteiger partial charge is 0.321 e. The van der Waals surface area contributed by atoms with Crippen molar-refractivity contribution in [3.63, 3.8) is 0 Å². The Hall–Kier alpha value is -3.27. The van der Waals surface area contributed by atoms with E-state index in [1.54, 1.807) is 34.1 Å². The third kappa shape index (κ3) is 7.08. The summed E-state index contributed by atoms with van der Waals surface area (Å²) in [7, 11) is -3.95. The monoisotopic (exact) mass is 602 g/mol. The highest BCUT2D eigenvalue weighted by Gasteiger charge is 2.29. The molecule has 4 rings (SSSR count). The molecule has 1 heterocycles. The number of hydrogen-bond donors (Lipinski definition) is 1. The van der Waals surface area contributed by atoms with Crippen LogP contribution in [0, 0.1) is 20.8 Å². The Morgan fingerprint density at radius 2 is 1.45 bits per heavy atom. The molecule has 1 saturated heterocycles. The van der Waals surface area contributed by atoms with Crippen molar-refractivity contribution in [3.8, 4) is 0 Å². The van der Waals surface area contributed by atoms with Crippen molar-refractivity contribution in [1.29, 1.82) is 0 Å². The minimum atomic E-state index is -3.95. The average molecular weight is 604 g/mol. The standard InChI is InChI=1S/C29H32Cl2N4O4S/c1-20-16-21(2)18-25(17-20)35(40(38,39)26-8-5-23(30)6-9-26)11-10-28(36)33-12-14-34(15-13-33)29(37)32-24-7-4-22(3)27(31)19-24/h4-9,16-19H,10-15H2,1-3H3,(H,32,37). The zero-order valence-corrected chi connectivity index (χ0v) is 25.0. The molecule has 1 N–H and O–H groups in total. The molecule has 1 fully saturated rings. The summed E-state index contributed by atoms with van der Waals surface area (Å²) in [4.78, 5) is 29.3. The number of amides is 3. The number of anilines is 2. The molecule has 0 bridgehead atoms. The van der Waals surface area contributed by atoms with Gasteiger partial charge in [-0.2, -0.15) is 0 Å². The Balaban J connectivity index is 1.41. The number of urea groups is 1. The van der Waals surface area contributed by atoms with Gasteiger partial charge in [-0.15, -0.1) is 0 Å². The number of rotatable bonds is 7. The van der Waals surface area contributed by atoms with Crippen molar-refractivity contribution in [2.75, 3.05) is 42.3 Å². The van der Waals surface area contributed by atoms with Crippen LogP contribution in [0.5, 0.6) is 0 Å². The van der Waals surface area contributed by atoms with Crippen LogP contribution in [0.15, 0.2) is 65.6 Å². The lowest BCUT2D eigenvalue weighted by molar-refractivity contribution is -0.132. The van der Waals surface area contributed by atoms with Gasteiger partial charge in [-0.3, -0.25) is 9.10 Å². The predicted molar refractivity (Wildman–Crippen MR) is 160 cm³/mol. The summed E-state index contributed by atoms with van der Waals surface area (Å²) in [5, 5.41) is 3.85. The minimum absolute atomic E-state index is 0.00608. The first-order valence-corrected chi connectivity index (χ1v) is 15.1. The Bertz CT molecular complexity index is 1480. The largest absolute Gasteiger partial charge is 0.339 e. The molecule has 0 saturated carbocycles. The van der Waals surface area contributed by atoms with Crippen LogP contribution in [0.1, 0.15) is 23.1 Å². The van der Waals surface area contributed by atoms with E-state index in [2.05, 4.69) is 5.32 Å². The van der Waals surface area contributed by atoms with E-state index in [4.69, 9.17) is 23.2 Å². The lowest BCUT2D eigenvalue weighted by atomic mass is 10.1. The topological polar surface area (TPSA) is 90.0 Å². The van der Waals surface area contributed by atoms with E-state index in [0.29, 0.717) is 47.6 Å². The Morgan fingerprint density at radius 1 is 0.850 bits per heavy atom. The average Bonchev–Trinajstić information content (AvgIpc) is 2.90. The van der Waals surface area contributed by atoms with Gasteiger partial charge in [0.25, 0.3) is 10.0 Å². The predicted octanol–water partition coefficient (Wildman–Crippen LogP) is 5.88. The molecular weight excluding hydrogens is 571 g/mol. The summed E-state index contributed by atoms with van der Waals surface area (Å²) in [5.41, 5.74) is 3.86. The van der Waals surface area contributed by atoms with E-state index >= 15 is 0 Å². The van der Waals surface area contributed by atoms with E-state index in [1.807, 2.05) is 32.9 Å². The van der Waals surface area contributed by atoms with Gasteiger partial charge in [0.1, 0.15) is 0 Å². The molecule has 1 aliphatic heterocycles. The van der Waals surface area contributed by atoms with Crippen molar-refractivity contribution in [3.05, 3.63) is 87.4 Å². The molecule has 1 aliphatic rings. The highest BCUT2D eigenvalue weighted by Crippen LogP contribution is 2.27. The maximum atomic E-state index is 13.7. The van der Waals surface area contributed by atoms with Gasteiger partial charge in [-0.25, -0.2) is 13.2 Å². The molecule has 3 aromatic carbocycles. The molecule has 11 heteroatoms. The van der Waals surface area contributed by atoms with E-state index < -0.39 is 10.0 Å². The molecule has 0 aliphatic carbocycles. The van der Waals surface area contributed by atoms with Crippen LogP contribution in [0.3, 0.4) is 0 Å². The minimum Gasteiger partial charge on any atom is -0.339 e. The van der Waals surface area contributed by atoms with Crippen molar-refractivity contribution >= 4 is 56.5 Å². The first-order valence-electron chi connectivity index (χ1n) is 12.9. The molecule has 0 aromatic heterocycles. The first kappa shape index (κ1) is 29.7. The molecular formula is C29H32Cl2N4O4S. The number of nitrogens with one attached hydrogen (secondary N) is 1. The van der Waals surface area contributed by atoms with Crippen LogP contribution >= 0.6 is 23.2 Å². The fraction of sp³-hybridized carbons (Fsp3) is 0.310. The van der Waals surface area contributed by atoms with Crippen LogP contribution in [-0.4, -0.2) is 62.9 Å². The maximum Gasteiger partial charge on any atom is 0.321 e. The number of sulfonamides is 1. The Morgan fingerprint density at radius 3 is 2.05 bits per heavy atom. The number of carbonyl (C=O) groups excluding carboxylic acids is 2. The van der Waals surface area contributed by atoms with Crippen LogP contribution in [-0.2, 0) is 14.8 Å². The number of aryl methyl sites for hydroxylation is 3. The number of piperazine rings is 1. The summed E-state index contributed by atoms with van der Waals surface area (Å²) >= 11 is 12.1. The van der Waals surface area contributed by atoms with Crippen LogP contribution in [0.2, 0.25) is 10.0 Å². The Labute approximate surface area is 245 Å². The number of hydrogen-bond acceptors (Lipinski definition) is 4. The summed E-state index contributed by atoms with van der Waals surface area (Å²) < 4.78 is 28.6. The zero-order valence-electron chi connectivity index (χ0n) is 22.7. The summed E-state index contributed by atoms with van der Waals surface area (Å²) in [6.45, 7) is 7.10. The molecule has 3 amide bonds. The molecule has 40 heavy (non-hydrogen) atoms. The molecule has 8 nitrogen and oxygen atoms in total. The third-order valence-corrected chi connectivity index (χ3v) is 9.27. The summed E-state index contributed by atoms with van der Waals surface area (Å²) in [6, 6.07) is 16.6. The second kappa shape index (κ2) is 12.5. The lowest BCUT2D eigenvalue weighted by Gasteiger charge is -2.35. The van der Waals surface area contributed by atoms with Gasteiger partial charge in [-0.05, 0) is 86.0 Å². The van der Waals surface area contributed by atoms with Gasteiger partial charge in [-0.1, -0.05) is 35.3 Å². The van der Waals surface area contributed by atoms with Gasteiger partial charge >= 0.3 is 6.03 Å². The molecule has 212 valence electrons. The number of halogens is 2. The molecule has 3 aromatic rings. The Kier molecular flexibility index (Phi) is 9.28. The second-order valence-electron chi connectivity index (χ2n) is 9.89. The van der Waals surface area contributed by atoms with Gasteiger partial charge in [0.15, 0.2) is 0 Å². The third-order valence-electron chi connectivity index (χ3n) is 6.77. The number of nitrogens with zero attached hydrogens (tertiary/aromatic N) is 3. The van der Waals surface area contributed by atoms with E-state index in [0.717, 1.165) is 16.7 Å². The summed E-state index contributed by atoms with van der Waals surface area (Å²) in [6.07, 6.45) is -0.00608. The van der Waals surface area contributed by atoms with Gasteiger partial charge < -0.3 is 15.1 Å². The van der Waals surface area contributed by atoms with Gasteiger partial charge in [0, 0.05) is 54.9 Å². The van der Waals surface area contributed by atoms with Crippen molar-refractivity contribution in [2.24, 2.45) is 0 Å². The SMILES string of the molecule is Cc1cc(C)cc(N(CCC(=O)N2CCN(C(=O)Nc3ccc(C)c(Cl)c3)CC2)S(=O)(=O)c2ccc(Cl)cc2)c1. The molecule has 0 radical (unpaired) electrons. The van der Waals surface area contributed by atoms with Crippen LogP contribution in [0.25, 0.3) is 0 Å². The second-order valence-corrected chi connectivity index (χ2v) is 12.6. The maximum absolute atomic E-state index is 13.7. The van der Waals surface area contributed by atoms with Crippen LogP contribution < -0.4 is 9.62 Å². The van der Waals surface area contributed by atoms with Crippen molar-refractivity contribution < 1.29 is 18.0 Å². The number of carbonyl (C=O) groups is 2. The lowest BCUT2D eigenvalue weighted by Crippen LogP contribution is -2.52. The van der Waals surface area contributed by atoms with E-state index in [-0.39, 0.29) is 29.8 Å². The fourth-order valence-corrected chi connectivity index (χ4v) is 6.36. The molecule has 0 unspecified atom stereocenters. The molecule has 0 atom stereocenters. The van der Waals surface area contributed by atoms with Gasteiger partial charge in [0.2, 0.25) is 5.91 Å². The van der Waals surface area contributed by atoms with Crippen LogP contribution in [0.4, 0.5) is 16.2 Å². The van der Waals surface area contributed by atoms with Crippen molar-refractivity contribution in [2.45, 2.75) is 32.1 Å². The highest BCUT2D eigenvalue weighted by atomic mass is 35.5. The van der Waals surface area contributed by atoms with Crippen molar-refractivity contribution in [1.82, 2.24) is 9.80 Å². The molecule has 0 spiro atoms. The van der Waals surface area contributed by atoms with Gasteiger partial charge in [0.05, 0.1) is 10.6 Å². The fourth-order valence-electron chi connectivity index (χ4n) is 4.60. The highest BCUT2D eigenvalue weighted by molar-refractivity contribution is 7.92. The summed E-state index contributed by atoms with van der Waals surface area (Å²) in [5.74, 6) is -0.175. The van der Waals surface area contributed by atoms with E-state index in [1.165, 1.54) is 28.6 Å². The quantitative estimate of drug-likeness (QED) is 0.365. The zero-order chi connectivity index (χ0) is 29.0. The first-order chi connectivity index (χ1) is 18.9.